The summed E-state index contributed by atoms with van der Waals surface area (Å²) in [5, 5.41) is 0. The van der Waals surface area contributed by atoms with E-state index in [2.05, 4.69) is 23.8 Å². The Morgan fingerprint density at radius 2 is 2.22 bits per heavy atom. The minimum atomic E-state index is 0. The largest absolute Gasteiger partial charge is 0.348 e. The normalized spacial score (nSPS) is 9.22. The molecule has 1 aromatic rings. The smallest absolute Gasteiger partial charge is 0.108 e. The van der Waals surface area contributed by atoms with Crippen LogP contribution in [0.2, 0.25) is 0 Å². The number of rotatable bonds is 1. The van der Waals surface area contributed by atoms with E-state index in [0.29, 0.717) is 5.92 Å². The molecule has 0 unspecified atom stereocenters. The van der Waals surface area contributed by atoms with Crippen molar-refractivity contribution < 1.29 is 0 Å². The van der Waals surface area contributed by atoms with Crippen LogP contribution in [0.15, 0.2) is 12.4 Å². The van der Waals surface area contributed by atoms with Crippen LogP contribution in [0, 0.1) is 0 Å². The van der Waals surface area contributed by atoms with Gasteiger partial charge in [0.05, 0.1) is 0 Å². The van der Waals surface area contributed by atoms with Crippen molar-refractivity contribution in [1.29, 1.82) is 0 Å². The SMILES string of the molecule is Br.CC(C)c1ncc[nH]1. The average molecular weight is 191 g/mol. The second-order valence-corrected chi connectivity index (χ2v) is 2.13. The Morgan fingerprint density at radius 1 is 1.56 bits per heavy atom. The molecule has 0 saturated heterocycles. The minimum Gasteiger partial charge on any atom is -0.348 e. The number of imidazole rings is 1. The summed E-state index contributed by atoms with van der Waals surface area (Å²) in [5.74, 6) is 1.58. The fraction of sp³-hybridized carbons (Fsp3) is 0.500. The average Bonchev–Trinajstić information content (AvgIpc) is 2.12. The van der Waals surface area contributed by atoms with Crippen LogP contribution in [0.1, 0.15) is 25.6 Å². The zero-order chi connectivity index (χ0) is 5.98. The molecule has 0 atom stereocenters. The molecular weight excluding hydrogens is 180 g/mol. The summed E-state index contributed by atoms with van der Waals surface area (Å²) in [6.07, 6.45) is 3.62. The van der Waals surface area contributed by atoms with Crippen molar-refractivity contribution in [1.82, 2.24) is 9.97 Å². The van der Waals surface area contributed by atoms with E-state index in [4.69, 9.17) is 0 Å². The third-order valence-electron chi connectivity index (χ3n) is 1.07. The van der Waals surface area contributed by atoms with Gasteiger partial charge in [0.1, 0.15) is 5.82 Å². The highest BCUT2D eigenvalue weighted by Crippen LogP contribution is 2.05. The maximum atomic E-state index is 4.06. The Hall–Kier alpha value is -0.310. The van der Waals surface area contributed by atoms with Crippen molar-refractivity contribution >= 4 is 17.0 Å². The highest BCUT2D eigenvalue weighted by molar-refractivity contribution is 8.93. The third kappa shape index (κ3) is 2.18. The lowest BCUT2D eigenvalue weighted by molar-refractivity contribution is 0.794. The van der Waals surface area contributed by atoms with Gasteiger partial charge in [-0.1, -0.05) is 13.8 Å². The van der Waals surface area contributed by atoms with E-state index in [1.165, 1.54) is 0 Å². The van der Waals surface area contributed by atoms with E-state index in [-0.39, 0.29) is 17.0 Å². The van der Waals surface area contributed by atoms with E-state index in [9.17, 15) is 0 Å². The minimum absolute atomic E-state index is 0. The van der Waals surface area contributed by atoms with Crippen molar-refractivity contribution in [3.05, 3.63) is 18.2 Å². The number of H-pyrrole nitrogens is 1. The van der Waals surface area contributed by atoms with Gasteiger partial charge in [0.2, 0.25) is 0 Å². The summed E-state index contributed by atoms with van der Waals surface area (Å²) in [5.41, 5.74) is 0. The number of hydrogen-bond acceptors (Lipinski definition) is 1. The van der Waals surface area contributed by atoms with Crippen LogP contribution in [-0.4, -0.2) is 9.97 Å². The predicted molar refractivity (Wildman–Crippen MR) is 43.0 cm³/mol. The Balaban J connectivity index is 0.000000640. The van der Waals surface area contributed by atoms with E-state index in [1.54, 1.807) is 6.20 Å². The van der Waals surface area contributed by atoms with E-state index >= 15 is 0 Å². The quantitative estimate of drug-likeness (QED) is 0.723. The number of nitrogens with zero attached hydrogens (tertiary/aromatic N) is 1. The molecule has 0 aromatic carbocycles. The van der Waals surface area contributed by atoms with Gasteiger partial charge >= 0.3 is 0 Å². The Bertz CT molecular complexity index is 146. The fourth-order valence-corrected chi connectivity index (χ4v) is 0.593. The lowest BCUT2D eigenvalue weighted by Gasteiger charge is -1.95. The van der Waals surface area contributed by atoms with Gasteiger partial charge in [-0.25, -0.2) is 4.98 Å². The monoisotopic (exact) mass is 190 g/mol. The van der Waals surface area contributed by atoms with Crippen LogP contribution in [0.3, 0.4) is 0 Å². The molecule has 52 valence electrons. The van der Waals surface area contributed by atoms with Crippen molar-refractivity contribution in [3.8, 4) is 0 Å². The first-order chi connectivity index (χ1) is 3.80. The fourth-order valence-electron chi connectivity index (χ4n) is 0.593. The molecule has 1 N–H and O–H groups in total. The molecule has 3 heteroatoms. The molecular formula is C6H11BrN2. The highest BCUT2D eigenvalue weighted by atomic mass is 79.9. The third-order valence-corrected chi connectivity index (χ3v) is 1.07. The lowest BCUT2D eigenvalue weighted by atomic mass is 10.2. The van der Waals surface area contributed by atoms with Crippen LogP contribution in [0.25, 0.3) is 0 Å². The van der Waals surface area contributed by atoms with Gasteiger partial charge in [-0.3, -0.25) is 0 Å². The van der Waals surface area contributed by atoms with E-state index in [1.807, 2.05) is 6.20 Å². The van der Waals surface area contributed by atoms with Gasteiger partial charge in [-0.15, -0.1) is 17.0 Å². The molecule has 0 aliphatic heterocycles. The molecule has 1 aromatic heterocycles. The Morgan fingerprint density at radius 3 is 2.44 bits per heavy atom. The van der Waals surface area contributed by atoms with Gasteiger partial charge in [0.25, 0.3) is 0 Å². The van der Waals surface area contributed by atoms with Gasteiger partial charge in [-0.05, 0) is 0 Å². The molecule has 0 radical (unpaired) electrons. The summed E-state index contributed by atoms with van der Waals surface area (Å²) in [6, 6.07) is 0. The molecule has 9 heavy (non-hydrogen) atoms. The molecule has 2 nitrogen and oxygen atoms in total. The molecule has 1 heterocycles. The van der Waals surface area contributed by atoms with Crippen LogP contribution < -0.4 is 0 Å². The number of hydrogen-bond donors (Lipinski definition) is 1. The highest BCUT2D eigenvalue weighted by Gasteiger charge is 1.96. The maximum absolute atomic E-state index is 4.06. The van der Waals surface area contributed by atoms with Gasteiger partial charge in [0, 0.05) is 18.3 Å². The van der Waals surface area contributed by atoms with Crippen molar-refractivity contribution in [2.24, 2.45) is 0 Å². The summed E-state index contributed by atoms with van der Waals surface area (Å²) < 4.78 is 0. The lowest BCUT2D eigenvalue weighted by Crippen LogP contribution is -1.87. The van der Waals surface area contributed by atoms with Gasteiger partial charge < -0.3 is 4.98 Å². The summed E-state index contributed by atoms with van der Waals surface area (Å²) in [4.78, 5) is 7.09. The standard InChI is InChI=1S/C6H10N2.BrH/c1-5(2)6-7-3-4-8-6;/h3-5H,1-2H3,(H,7,8);1H. The van der Waals surface area contributed by atoms with Gasteiger partial charge in [0.15, 0.2) is 0 Å². The molecule has 0 saturated carbocycles. The topological polar surface area (TPSA) is 28.7 Å². The Kier molecular flexibility index (Phi) is 3.54. The van der Waals surface area contributed by atoms with E-state index in [0.717, 1.165) is 5.82 Å². The molecule has 0 amide bonds. The van der Waals surface area contributed by atoms with Gasteiger partial charge in [-0.2, -0.15) is 0 Å². The predicted octanol–water partition coefficient (Wildman–Crippen LogP) is 2.11. The van der Waals surface area contributed by atoms with Crippen LogP contribution in [-0.2, 0) is 0 Å². The zero-order valence-corrected chi connectivity index (χ0v) is 7.30. The molecule has 0 bridgehead atoms. The number of aromatic nitrogens is 2. The summed E-state index contributed by atoms with van der Waals surface area (Å²) >= 11 is 0. The number of nitrogens with one attached hydrogen (secondary N) is 1. The molecule has 0 fully saturated rings. The molecule has 0 aliphatic rings. The second kappa shape index (κ2) is 3.67. The molecule has 0 aliphatic carbocycles. The maximum Gasteiger partial charge on any atom is 0.108 e. The second-order valence-electron chi connectivity index (χ2n) is 2.13. The van der Waals surface area contributed by atoms with E-state index < -0.39 is 0 Å². The number of aromatic amines is 1. The Labute approximate surface area is 65.5 Å². The van der Waals surface area contributed by atoms with Crippen molar-refractivity contribution in [2.75, 3.05) is 0 Å². The first kappa shape index (κ1) is 8.69. The van der Waals surface area contributed by atoms with Crippen LogP contribution in [0.5, 0.6) is 0 Å². The van der Waals surface area contributed by atoms with Crippen molar-refractivity contribution in [2.45, 2.75) is 19.8 Å². The zero-order valence-electron chi connectivity index (χ0n) is 5.59. The van der Waals surface area contributed by atoms with Crippen LogP contribution >= 0.6 is 17.0 Å². The molecule has 1 rings (SSSR count). The first-order valence-electron chi connectivity index (χ1n) is 2.80. The molecule has 0 spiro atoms. The van der Waals surface area contributed by atoms with Crippen molar-refractivity contribution in [3.63, 3.8) is 0 Å². The summed E-state index contributed by atoms with van der Waals surface area (Å²) in [7, 11) is 0. The first-order valence-corrected chi connectivity index (χ1v) is 2.80. The summed E-state index contributed by atoms with van der Waals surface area (Å²) in [6.45, 7) is 4.22. The van der Waals surface area contributed by atoms with Crippen LogP contribution in [0.4, 0.5) is 0 Å². The number of halogens is 1.